The molecule has 6 nitrogen and oxygen atoms in total. The maximum Gasteiger partial charge on any atom is 0.313 e. The molecular weight excluding hydrogens is 288 g/mol. The Kier molecular flexibility index (Phi) is 3.62. The molecule has 1 saturated carbocycles. The predicted octanol–water partition coefficient (Wildman–Crippen LogP) is 2.19. The van der Waals surface area contributed by atoms with Gasteiger partial charge in [0.2, 0.25) is 0 Å². The monoisotopic (exact) mass is 300 g/mol. The molecule has 0 amide bonds. The smallest absolute Gasteiger partial charge is 0.313 e. The summed E-state index contributed by atoms with van der Waals surface area (Å²) in [6, 6.07) is 9.21. The normalized spacial score (nSPS) is 13.9. The molecule has 1 aliphatic rings. The molecule has 1 fully saturated rings. The van der Waals surface area contributed by atoms with Crippen molar-refractivity contribution in [3.05, 3.63) is 35.7 Å². The van der Waals surface area contributed by atoms with E-state index in [2.05, 4.69) is 16.3 Å². The lowest BCUT2D eigenvalue weighted by Crippen LogP contribution is -2.04. The van der Waals surface area contributed by atoms with Crippen molar-refractivity contribution in [2.75, 3.05) is 5.75 Å². The van der Waals surface area contributed by atoms with Crippen LogP contribution in [0.2, 0.25) is 0 Å². The molecule has 1 N–H and O–H groups in total. The fourth-order valence-corrected chi connectivity index (χ4v) is 2.71. The highest BCUT2D eigenvalue weighted by molar-refractivity contribution is 7.99. The molecule has 1 aliphatic carbocycles. The highest BCUT2D eigenvalue weighted by atomic mass is 32.2. The molecule has 1 aromatic heterocycles. The average molecular weight is 300 g/mol. The molecule has 0 saturated heterocycles. The van der Waals surface area contributed by atoms with Crippen LogP contribution in [0.5, 0.6) is 0 Å². The summed E-state index contributed by atoms with van der Waals surface area (Å²) in [6.45, 7) is 0. The number of rotatable bonds is 5. The number of nitriles is 1. The van der Waals surface area contributed by atoms with Crippen LogP contribution in [0.4, 0.5) is 0 Å². The minimum Gasteiger partial charge on any atom is -0.481 e. The van der Waals surface area contributed by atoms with E-state index in [1.807, 2.05) is 16.7 Å². The van der Waals surface area contributed by atoms with Gasteiger partial charge in [0.15, 0.2) is 5.16 Å². The molecule has 0 spiro atoms. The highest BCUT2D eigenvalue weighted by Gasteiger charge is 2.31. The van der Waals surface area contributed by atoms with Crippen LogP contribution in [0, 0.1) is 11.3 Å². The second-order valence-corrected chi connectivity index (χ2v) is 5.73. The minimum absolute atomic E-state index is 0.0565. The Bertz CT molecular complexity index is 714. The lowest BCUT2D eigenvalue weighted by atomic mass is 10.2. The Hall–Kier alpha value is -2.33. The summed E-state index contributed by atoms with van der Waals surface area (Å²) in [5.41, 5.74) is 1.44. The van der Waals surface area contributed by atoms with Gasteiger partial charge in [0, 0.05) is 11.6 Å². The van der Waals surface area contributed by atoms with E-state index in [1.54, 1.807) is 12.1 Å². The summed E-state index contributed by atoms with van der Waals surface area (Å²) in [5.74, 6) is 0.321. The topological polar surface area (TPSA) is 91.8 Å². The van der Waals surface area contributed by atoms with Crippen LogP contribution in [0.1, 0.15) is 30.1 Å². The van der Waals surface area contributed by atoms with Gasteiger partial charge in [-0.1, -0.05) is 11.8 Å². The van der Waals surface area contributed by atoms with Crippen LogP contribution < -0.4 is 0 Å². The molecule has 2 aromatic rings. The summed E-state index contributed by atoms with van der Waals surface area (Å²) < 4.78 is 1.90. The number of hydrogen-bond donors (Lipinski definition) is 1. The summed E-state index contributed by atoms with van der Waals surface area (Å²) in [6.07, 6.45) is 2.16. The van der Waals surface area contributed by atoms with Crippen molar-refractivity contribution in [1.82, 2.24) is 14.8 Å². The number of carboxylic acids is 1. The lowest BCUT2D eigenvalue weighted by molar-refractivity contribution is -0.133. The van der Waals surface area contributed by atoms with Crippen LogP contribution in [0.15, 0.2) is 29.4 Å². The molecule has 0 bridgehead atoms. The van der Waals surface area contributed by atoms with E-state index >= 15 is 0 Å². The molecule has 7 heteroatoms. The first-order chi connectivity index (χ1) is 10.2. The molecule has 106 valence electrons. The summed E-state index contributed by atoms with van der Waals surface area (Å²) in [5, 5.41) is 26.6. The number of thioether (sulfide) groups is 1. The molecule has 0 unspecified atom stereocenters. The molecule has 1 heterocycles. The number of aromatic nitrogens is 3. The van der Waals surface area contributed by atoms with Gasteiger partial charge in [-0.05, 0) is 37.1 Å². The van der Waals surface area contributed by atoms with E-state index in [9.17, 15) is 4.79 Å². The predicted molar refractivity (Wildman–Crippen MR) is 76.4 cm³/mol. The zero-order chi connectivity index (χ0) is 14.8. The Morgan fingerprint density at radius 3 is 2.67 bits per heavy atom. The fraction of sp³-hybridized carbons (Fsp3) is 0.286. The SMILES string of the molecule is N#Cc1ccc(-n2c(SCC(=O)O)nnc2C2CC2)cc1. The van der Waals surface area contributed by atoms with Crippen molar-refractivity contribution in [2.24, 2.45) is 0 Å². The van der Waals surface area contributed by atoms with Gasteiger partial charge in [-0.15, -0.1) is 10.2 Å². The average Bonchev–Trinajstić information content (AvgIpc) is 3.25. The van der Waals surface area contributed by atoms with Crippen molar-refractivity contribution in [3.8, 4) is 11.8 Å². The maximum atomic E-state index is 10.7. The van der Waals surface area contributed by atoms with Gasteiger partial charge in [0.25, 0.3) is 0 Å². The standard InChI is InChI=1S/C14H12N4O2S/c15-7-9-1-5-11(6-2-9)18-13(10-3-4-10)16-17-14(18)21-8-12(19)20/h1-2,5-6,10H,3-4,8H2,(H,19,20). The van der Waals surface area contributed by atoms with Gasteiger partial charge in [-0.25, -0.2) is 0 Å². The van der Waals surface area contributed by atoms with E-state index in [0.29, 0.717) is 16.6 Å². The second kappa shape index (κ2) is 5.58. The summed E-state index contributed by atoms with van der Waals surface area (Å²) in [7, 11) is 0. The van der Waals surface area contributed by atoms with Gasteiger partial charge in [-0.3, -0.25) is 9.36 Å². The van der Waals surface area contributed by atoms with Crippen molar-refractivity contribution in [1.29, 1.82) is 5.26 Å². The maximum absolute atomic E-state index is 10.7. The van der Waals surface area contributed by atoms with Crippen LogP contribution in [0.3, 0.4) is 0 Å². The minimum atomic E-state index is -0.887. The Balaban J connectivity index is 1.98. The molecular formula is C14H12N4O2S. The first kappa shape index (κ1) is 13.6. The van der Waals surface area contributed by atoms with Crippen molar-refractivity contribution in [3.63, 3.8) is 0 Å². The molecule has 21 heavy (non-hydrogen) atoms. The zero-order valence-electron chi connectivity index (χ0n) is 11.1. The molecule has 3 rings (SSSR count). The number of benzene rings is 1. The van der Waals surface area contributed by atoms with Crippen molar-refractivity contribution < 1.29 is 9.90 Å². The third-order valence-electron chi connectivity index (χ3n) is 3.18. The van der Waals surface area contributed by atoms with E-state index in [1.165, 1.54) is 0 Å². The van der Waals surface area contributed by atoms with Crippen LogP contribution in [0.25, 0.3) is 5.69 Å². The van der Waals surface area contributed by atoms with Crippen molar-refractivity contribution >= 4 is 17.7 Å². The molecule has 0 atom stereocenters. The first-order valence-electron chi connectivity index (χ1n) is 6.49. The zero-order valence-corrected chi connectivity index (χ0v) is 11.9. The molecule has 0 radical (unpaired) electrons. The van der Waals surface area contributed by atoms with E-state index in [0.717, 1.165) is 36.1 Å². The number of aliphatic carboxylic acids is 1. The van der Waals surface area contributed by atoms with E-state index in [-0.39, 0.29) is 5.75 Å². The van der Waals surface area contributed by atoms with Gasteiger partial charge >= 0.3 is 5.97 Å². The summed E-state index contributed by atoms with van der Waals surface area (Å²) >= 11 is 1.15. The van der Waals surface area contributed by atoms with Crippen LogP contribution in [-0.2, 0) is 4.79 Å². The first-order valence-corrected chi connectivity index (χ1v) is 7.48. The highest BCUT2D eigenvalue weighted by Crippen LogP contribution is 2.41. The third kappa shape index (κ3) is 2.90. The number of carboxylic acid groups (broad SMARTS) is 1. The van der Waals surface area contributed by atoms with Gasteiger partial charge < -0.3 is 5.11 Å². The second-order valence-electron chi connectivity index (χ2n) is 4.79. The van der Waals surface area contributed by atoms with Gasteiger partial charge in [-0.2, -0.15) is 5.26 Å². The van der Waals surface area contributed by atoms with E-state index < -0.39 is 5.97 Å². The largest absolute Gasteiger partial charge is 0.481 e. The Labute approximate surface area is 125 Å². The van der Waals surface area contributed by atoms with Crippen molar-refractivity contribution in [2.45, 2.75) is 23.9 Å². The van der Waals surface area contributed by atoms with E-state index in [4.69, 9.17) is 10.4 Å². The van der Waals surface area contributed by atoms with Crippen LogP contribution in [-0.4, -0.2) is 31.6 Å². The van der Waals surface area contributed by atoms with Gasteiger partial charge in [0.05, 0.1) is 17.4 Å². The number of carbonyl (C=O) groups is 1. The number of nitrogens with zero attached hydrogens (tertiary/aromatic N) is 4. The van der Waals surface area contributed by atoms with Crippen LogP contribution >= 0.6 is 11.8 Å². The number of hydrogen-bond acceptors (Lipinski definition) is 5. The Morgan fingerprint density at radius 1 is 1.38 bits per heavy atom. The fourth-order valence-electron chi connectivity index (χ4n) is 2.03. The third-order valence-corrected chi connectivity index (χ3v) is 4.09. The molecule has 0 aliphatic heterocycles. The molecule has 1 aromatic carbocycles. The summed E-state index contributed by atoms with van der Waals surface area (Å²) in [4.78, 5) is 10.7. The lowest BCUT2D eigenvalue weighted by Gasteiger charge is -2.09. The quantitative estimate of drug-likeness (QED) is 0.851. The van der Waals surface area contributed by atoms with Gasteiger partial charge in [0.1, 0.15) is 5.82 Å². The Morgan fingerprint density at radius 2 is 2.10 bits per heavy atom.